The summed E-state index contributed by atoms with van der Waals surface area (Å²) in [7, 11) is -1.22. The van der Waals surface area contributed by atoms with Crippen LogP contribution in [0.1, 0.15) is 45.6 Å². The van der Waals surface area contributed by atoms with Crippen molar-refractivity contribution in [2.75, 3.05) is 53.9 Å². The molecule has 2 saturated heterocycles. The molecule has 0 aliphatic carbocycles. The number of pyridine rings is 1. The highest BCUT2D eigenvalue weighted by atomic mass is 32.2. The van der Waals surface area contributed by atoms with E-state index in [0.717, 1.165) is 48.3 Å². The number of sulfone groups is 1. The molecule has 5 rings (SSSR count). The molecular formula is C29H40N6O3S. The number of anilines is 4. The molecule has 0 bridgehead atoms. The zero-order chi connectivity index (χ0) is 27.9. The Morgan fingerprint density at radius 1 is 1.10 bits per heavy atom. The lowest BCUT2D eigenvalue weighted by Crippen LogP contribution is -2.57. The minimum atomic E-state index is -3.00. The Morgan fingerprint density at radius 3 is 2.56 bits per heavy atom. The summed E-state index contributed by atoms with van der Waals surface area (Å²) in [6.45, 7) is 11.2. The van der Waals surface area contributed by atoms with Crippen molar-refractivity contribution in [3.63, 3.8) is 0 Å². The SMILES string of the molecule is CO[C@@H]1CCN(c2nccc(Nc3cc4c(C(C)C)ccc(N5C[C@H](CS(C)(=O)=O)[C@H]5C)c4cn3)n2)C[C@@H]1C. The molecule has 9 nitrogen and oxygen atoms in total. The minimum absolute atomic E-state index is 0.143. The molecule has 0 saturated carbocycles. The van der Waals surface area contributed by atoms with E-state index < -0.39 is 9.84 Å². The lowest BCUT2D eigenvalue weighted by Gasteiger charge is -2.48. The van der Waals surface area contributed by atoms with Crippen LogP contribution in [0.2, 0.25) is 0 Å². The second-order valence-corrected chi connectivity index (χ2v) is 13.7. The number of nitrogens with one attached hydrogen (secondary N) is 1. The molecule has 0 unspecified atom stereocenters. The van der Waals surface area contributed by atoms with Gasteiger partial charge in [-0.2, -0.15) is 4.98 Å². The molecule has 4 atom stereocenters. The second kappa shape index (κ2) is 10.9. The molecule has 2 aliphatic rings. The van der Waals surface area contributed by atoms with Crippen LogP contribution in [0.4, 0.5) is 23.3 Å². The summed E-state index contributed by atoms with van der Waals surface area (Å²) in [4.78, 5) is 18.6. The van der Waals surface area contributed by atoms with Gasteiger partial charge >= 0.3 is 0 Å². The summed E-state index contributed by atoms with van der Waals surface area (Å²) in [6, 6.07) is 8.46. The number of rotatable bonds is 8. The van der Waals surface area contributed by atoms with Crippen LogP contribution in [-0.2, 0) is 14.6 Å². The summed E-state index contributed by atoms with van der Waals surface area (Å²) < 4.78 is 29.3. The molecule has 3 aromatic rings. The number of hydrogen-bond acceptors (Lipinski definition) is 9. The van der Waals surface area contributed by atoms with Gasteiger partial charge in [0.25, 0.3) is 0 Å². The maximum atomic E-state index is 11.8. The Morgan fingerprint density at radius 2 is 1.90 bits per heavy atom. The van der Waals surface area contributed by atoms with Gasteiger partial charge < -0.3 is 19.9 Å². The standard InChI is InChI=1S/C29H40N6O3S/c1-18(2)22-7-8-25(35-16-21(20(35)4)17-39(6,36)37)24-14-31-28(13-23(22)24)32-27-9-11-30-29(33-27)34-12-10-26(38-5)19(3)15-34/h7-9,11,13-14,18-21,26H,10,12,15-17H2,1-6H3,(H,30,31,32,33)/t19-,20+,21+,26+/m0/s1. The van der Waals surface area contributed by atoms with E-state index in [0.29, 0.717) is 23.6 Å². The van der Waals surface area contributed by atoms with Gasteiger partial charge in [-0.1, -0.05) is 26.8 Å². The van der Waals surface area contributed by atoms with Crippen molar-refractivity contribution in [1.29, 1.82) is 0 Å². The average molecular weight is 553 g/mol. The van der Waals surface area contributed by atoms with Gasteiger partial charge in [0.1, 0.15) is 21.5 Å². The van der Waals surface area contributed by atoms with E-state index in [2.05, 4.69) is 66.0 Å². The molecular weight excluding hydrogens is 512 g/mol. The molecule has 10 heteroatoms. The number of methoxy groups -OCH3 is 1. The van der Waals surface area contributed by atoms with Crippen molar-refractivity contribution in [2.24, 2.45) is 11.8 Å². The zero-order valence-electron chi connectivity index (χ0n) is 23.8. The number of fused-ring (bicyclic) bond motifs is 1. The maximum absolute atomic E-state index is 11.8. The van der Waals surface area contributed by atoms with Gasteiger partial charge in [-0.3, -0.25) is 0 Å². The summed E-state index contributed by atoms with van der Waals surface area (Å²) in [5.41, 5.74) is 2.35. The van der Waals surface area contributed by atoms with E-state index in [1.165, 1.54) is 11.8 Å². The summed E-state index contributed by atoms with van der Waals surface area (Å²) in [5.74, 6) is 3.26. The third kappa shape index (κ3) is 5.82. The van der Waals surface area contributed by atoms with E-state index in [1.54, 1.807) is 13.3 Å². The largest absolute Gasteiger partial charge is 0.381 e. The molecule has 1 N–H and O–H groups in total. The van der Waals surface area contributed by atoms with Gasteiger partial charge in [0, 0.05) is 68.4 Å². The normalized spacial score (nSPS) is 23.8. The minimum Gasteiger partial charge on any atom is -0.381 e. The van der Waals surface area contributed by atoms with Gasteiger partial charge in [0.15, 0.2) is 0 Å². The summed E-state index contributed by atoms with van der Waals surface area (Å²) >= 11 is 0. The number of aromatic nitrogens is 3. The lowest BCUT2D eigenvalue weighted by molar-refractivity contribution is 0.0442. The molecule has 2 aliphatic heterocycles. The van der Waals surface area contributed by atoms with Crippen molar-refractivity contribution in [3.8, 4) is 0 Å². The highest BCUT2D eigenvalue weighted by molar-refractivity contribution is 7.90. The van der Waals surface area contributed by atoms with Crippen LogP contribution in [-0.4, -0.2) is 74.3 Å². The van der Waals surface area contributed by atoms with Crippen molar-refractivity contribution in [1.82, 2.24) is 15.0 Å². The van der Waals surface area contributed by atoms with E-state index >= 15 is 0 Å². The van der Waals surface area contributed by atoms with Crippen molar-refractivity contribution in [3.05, 3.63) is 42.2 Å². The quantitative estimate of drug-likeness (QED) is 0.429. The van der Waals surface area contributed by atoms with Gasteiger partial charge in [-0.15, -0.1) is 0 Å². The number of piperidine rings is 1. The van der Waals surface area contributed by atoms with E-state index in [-0.39, 0.29) is 23.8 Å². The van der Waals surface area contributed by atoms with Crippen molar-refractivity contribution in [2.45, 2.75) is 52.2 Å². The molecule has 2 aromatic heterocycles. The Hall–Kier alpha value is -2.98. The Bertz CT molecular complexity index is 1450. The molecule has 39 heavy (non-hydrogen) atoms. The molecule has 1 aromatic carbocycles. The Balaban J connectivity index is 1.40. The predicted molar refractivity (Wildman–Crippen MR) is 158 cm³/mol. The molecule has 0 spiro atoms. The fourth-order valence-corrected chi connectivity index (χ4v) is 7.17. The first-order chi connectivity index (χ1) is 18.5. The number of benzene rings is 1. The average Bonchev–Trinajstić information content (AvgIpc) is 2.89. The van der Waals surface area contributed by atoms with Crippen LogP contribution in [0, 0.1) is 11.8 Å². The monoisotopic (exact) mass is 552 g/mol. The lowest BCUT2D eigenvalue weighted by atomic mass is 9.88. The summed E-state index contributed by atoms with van der Waals surface area (Å²) in [5, 5.41) is 5.62. The van der Waals surface area contributed by atoms with E-state index in [4.69, 9.17) is 14.7 Å². The van der Waals surface area contributed by atoms with Crippen molar-refractivity contribution >= 4 is 43.9 Å². The third-order valence-electron chi connectivity index (χ3n) is 8.28. The zero-order valence-corrected chi connectivity index (χ0v) is 24.6. The van der Waals surface area contributed by atoms with Gasteiger partial charge in [-0.25, -0.2) is 18.4 Å². The van der Waals surface area contributed by atoms with Gasteiger partial charge in [-0.05, 0) is 54.3 Å². The van der Waals surface area contributed by atoms with Crippen molar-refractivity contribution < 1.29 is 13.2 Å². The van der Waals surface area contributed by atoms with Gasteiger partial charge in [0.2, 0.25) is 5.95 Å². The van der Waals surface area contributed by atoms with Crippen LogP contribution >= 0.6 is 0 Å². The molecule has 4 heterocycles. The van der Waals surface area contributed by atoms with Crippen LogP contribution in [0.25, 0.3) is 10.8 Å². The fourth-order valence-electron chi connectivity index (χ4n) is 6.01. The Kier molecular flexibility index (Phi) is 7.70. The fraction of sp³-hybridized carbons (Fsp3) is 0.552. The maximum Gasteiger partial charge on any atom is 0.227 e. The Labute approximate surface area is 231 Å². The number of ether oxygens (including phenoxy) is 1. The molecule has 210 valence electrons. The highest BCUT2D eigenvalue weighted by Crippen LogP contribution is 2.39. The molecule has 2 fully saturated rings. The summed E-state index contributed by atoms with van der Waals surface area (Å²) in [6.07, 6.45) is 6.26. The first kappa shape index (κ1) is 27.6. The topological polar surface area (TPSA) is 101 Å². The number of nitrogens with zero attached hydrogens (tertiary/aromatic N) is 5. The molecule has 0 amide bonds. The second-order valence-electron chi connectivity index (χ2n) is 11.5. The van der Waals surface area contributed by atoms with Crippen LogP contribution in [0.5, 0.6) is 0 Å². The third-order valence-corrected chi connectivity index (χ3v) is 9.31. The van der Waals surface area contributed by atoms with Crippen LogP contribution < -0.4 is 15.1 Å². The van der Waals surface area contributed by atoms with E-state index in [9.17, 15) is 8.42 Å². The first-order valence-corrected chi connectivity index (χ1v) is 15.8. The predicted octanol–water partition coefficient (Wildman–Crippen LogP) is 4.62. The highest BCUT2D eigenvalue weighted by Gasteiger charge is 2.38. The van der Waals surface area contributed by atoms with Gasteiger partial charge in [0.05, 0.1) is 11.9 Å². The van der Waals surface area contributed by atoms with E-state index in [1.807, 2.05) is 12.3 Å². The first-order valence-electron chi connectivity index (χ1n) is 13.8. The molecule has 0 radical (unpaired) electrons. The number of hydrogen-bond donors (Lipinski definition) is 1. The smallest absolute Gasteiger partial charge is 0.227 e. The van der Waals surface area contributed by atoms with Crippen LogP contribution in [0.15, 0.2) is 36.7 Å². The van der Waals surface area contributed by atoms with Crippen LogP contribution in [0.3, 0.4) is 0 Å².